The molecule has 0 aliphatic carbocycles. The van der Waals surface area contributed by atoms with Crippen molar-refractivity contribution in [3.8, 4) is 0 Å². The van der Waals surface area contributed by atoms with E-state index in [0.717, 1.165) is 13.0 Å². The van der Waals surface area contributed by atoms with Crippen molar-refractivity contribution in [1.82, 2.24) is 0 Å². The van der Waals surface area contributed by atoms with Gasteiger partial charge < -0.3 is 37.6 Å². The van der Waals surface area contributed by atoms with Crippen LogP contribution in [0.4, 0.5) is 0 Å². The number of ether oxygens (including phenoxy) is 7. The maximum Gasteiger partial charge on any atom is 0.192 e. The summed E-state index contributed by atoms with van der Waals surface area (Å²) in [5.41, 5.74) is 0. The summed E-state index contributed by atoms with van der Waals surface area (Å²) in [6, 6.07) is 0. The molecule has 8 nitrogen and oxygen atoms in total. The van der Waals surface area contributed by atoms with Gasteiger partial charge in [0.2, 0.25) is 0 Å². The highest BCUT2D eigenvalue weighted by Crippen LogP contribution is 2.36. The van der Waals surface area contributed by atoms with Crippen molar-refractivity contribution in [2.75, 3.05) is 99.1 Å². The van der Waals surface area contributed by atoms with E-state index in [2.05, 4.69) is 40.8 Å². The minimum atomic E-state index is -1.69. The fraction of sp³-hybridized carbons (Fsp3) is 1.00. The van der Waals surface area contributed by atoms with Gasteiger partial charge in [0, 0.05) is 6.61 Å². The molecule has 9 heteroatoms. The molecule has 0 heterocycles. The lowest BCUT2D eigenvalue weighted by Crippen LogP contribution is -2.41. The van der Waals surface area contributed by atoms with Crippen LogP contribution in [0.15, 0.2) is 0 Å². The van der Waals surface area contributed by atoms with Crippen LogP contribution in [0.25, 0.3) is 0 Å². The molecule has 266 valence electrons. The predicted octanol–water partition coefficient (Wildman–Crippen LogP) is 8.22. The Hall–Kier alpha value is -0.103. The minimum absolute atomic E-state index is 0.228. The normalized spacial score (nSPS) is 12.4. The van der Waals surface area contributed by atoms with Gasteiger partial charge >= 0.3 is 0 Å². The van der Waals surface area contributed by atoms with E-state index in [4.69, 9.17) is 37.6 Å². The molecular weight excluding hydrogens is 576 g/mol. The lowest BCUT2D eigenvalue weighted by atomic mass is 10.0. The third-order valence-corrected chi connectivity index (χ3v) is 12.7. The van der Waals surface area contributed by atoms with E-state index in [-0.39, 0.29) is 5.04 Å². The minimum Gasteiger partial charge on any atom is -0.414 e. The highest BCUT2D eigenvalue weighted by Gasteiger charge is 2.36. The lowest BCUT2D eigenvalue weighted by molar-refractivity contribution is -0.0214. The third-order valence-electron chi connectivity index (χ3n) is 8.12. The lowest BCUT2D eigenvalue weighted by Gasteiger charge is -2.36. The third kappa shape index (κ3) is 31.9. The fourth-order valence-electron chi connectivity index (χ4n) is 4.22. The molecule has 0 aromatic rings. The summed E-state index contributed by atoms with van der Waals surface area (Å²) in [4.78, 5) is 0. The van der Waals surface area contributed by atoms with Crippen LogP contribution in [0.2, 0.25) is 18.1 Å². The molecule has 0 aliphatic rings. The van der Waals surface area contributed by atoms with Gasteiger partial charge in [-0.1, -0.05) is 105 Å². The first-order valence-electron chi connectivity index (χ1n) is 18.0. The number of unbranched alkanes of at least 4 members (excludes halogenated alkanes) is 12. The summed E-state index contributed by atoms with van der Waals surface area (Å²) in [5, 5.41) is 0.228. The number of hydrogen-bond acceptors (Lipinski definition) is 8. The molecule has 0 saturated heterocycles. The van der Waals surface area contributed by atoms with Crippen molar-refractivity contribution >= 4 is 8.32 Å². The first kappa shape index (κ1) is 43.9. The molecule has 0 spiro atoms. The zero-order valence-electron chi connectivity index (χ0n) is 30.1. The molecule has 0 amide bonds. The standard InChI is InChI=1S/C35H74O8Si/c1-7-8-9-10-11-12-13-14-15-16-17-18-19-20-36-21-22-37-23-24-38-25-26-39-27-28-40-29-30-41-31-32-42-33-34-43-44(5,6)35(2,3)4/h7-34H2,1-6H3. The van der Waals surface area contributed by atoms with E-state index in [1.54, 1.807) is 0 Å². The highest BCUT2D eigenvalue weighted by atomic mass is 28.4. The summed E-state index contributed by atoms with van der Waals surface area (Å²) >= 11 is 0. The second-order valence-electron chi connectivity index (χ2n) is 13.1. The molecule has 0 atom stereocenters. The molecule has 0 N–H and O–H groups in total. The van der Waals surface area contributed by atoms with Gasteiger partial charge in [0.05, 0.1) is 92.5 Å². The first-order chi connectivity index (χ1) is 21.3. The molecule has 0 bridgehead atoms. The van der Waals surface area contributed by atoms with Crippen LogP contribution in [0.1, 0.15) is 111 Å². The van der Waals surface area contributed by atoms with Gasteiger partial charge in [-0.25, -0.2) is 0 Å². The van der Waals surface area contributed by atoms with E-state index in [1.165, 1.54) is 77.0 Å². The molecule has 0 aliphatic heterocycles. The zero-order valence-corrected chi connectivity index (χ0v) is 31.1. The average Bonchev–Trinajstić information content (AvgIpc) is 2.98. The Balaban J connectivity index is 3.12. The molecular formula is C35H74O8Si. The van der Waals surface area contributed by atoms with E-state index in [0.29, 0.717) is 92.5 Å². The van der Waals surface area contributed by atoms with Crippen molar-refractivity contribution in [3.05, 3.63) is 0 Å². The number of hydrogen-bond donors (Lipinski definition) is 0. The van der Waals surface area contributed by atoms with E-state index in [1.807, 2.05) is 0 Å². The van der Waals surface area contributed by atoms with Crippen LogP contribution in [-0.2, 0) is 37.6 Å². The van der Waals surface area contributed by atoms with Crippen LogP contribution in [0, 0.1) is 0 Å². The van der Waals surface area contributed by atoms with Crippen LogP contribution in [0.5, 0.6) is 0 Å². The van der Waals surface area contributed by atoms with Crippen molar-refractivity contribution in [2.45, 2.75) is 129 Å². The van der Waals surface area contributed by atoms with Crippen molar-refractivity contribution in [1.29, 1.82) is 0 Å². The zero-order chi connectivity index (χ0) is 32.5. The first-order valence-corrected chi connectivity index (χ1v) is 20.9. The Morgan fingerprint density at radius 3 is 0.886 bits per heavy atom. The summed E-state index contributed by atoms with van der Waals surface area (Å²) < 4.78 is 45.0. The molecule has 0 aromatic heterocycles. The summed E-state index contributed by atoms with van der Waals surface area (Å²) in [6.45, 7) is 22.5. The number of rotatable bonds is 36. The van der Waals surface area contributed by atoms with Gasteiger partial charge in [0.25, 0.3) is 0 Å². The van der Waals surface area contributed by atoms with Crippen molar-refractivity contribution in [3.63, 3.8) is 0 Å². The summed E-state index contributed by atoms with van der Waals surface area (Å²) in [6.07, 6.45) is 17.9. The Bertz CT molecular complexity index is 559. The van der Waals surface area contributed by atoms with Crippen LogP contribution < -0.4 is 0 Å². The van der Waals surface area contributed by atoms with Gasteiger partial charge in [0.15, 0.2) is 8.32 Å². The molecule has 0 rings (SSSR count). The molecule has 0 saturated carbocycles. The predicted molar refractivity (Wildman–Crippen MR) is 185 cm³/mol. The van der Waals surface area contributed by atoms with Gasteiger partial charge in [-0.15, -0.1) is 0 Å². The molecule has 0 fully saturated rings. The Labute approximate surface area is 274 Å². The summed E-state index contributed by atoms with van der Waals surface area (Å²) in [7, 11) is -1.69. The quantitative estimate of drug-likeness (QED) is 0.0496. The van der Waals surface area contributed by atoms with Crippen molar-refractivity contribution < 1.29 is 37.6 Å². The Morgan fingerprint density at radius 1 is 0.341 bits per heavy atom. The summed E-state index contributed by atoms with van der Waals surface area (Å²) in [5.74, 6) is 0. The second-order valence-corrected chi connectivity index (χ2v) is 17.9. The fourth-order valence-corrected chi connectivity index (χ4v) is 5.24. The largest absolute Gasteiger partial charge is 0.414 e. The van der Waals surface area contributed by atoms with Gasteiger partial charge in [0.1, 0.15) is 0 Å². The molecule has 0 aromatic carbocycles. The maximum atomic E-state index is 6.09. The second kappa shape index (κ2) is 32.8. The SMILES string of the molecule is CCCCCCCCCCCCCCCOCCOCCOCCOCCOCCOCCOCCO[Si](C)(C)C(C)(C)C. The monoisotopic (exact) mass is 651 g/mol. The topological polar surface area (TPSA) is 73.8 Å². The highest BCUT2D eigenvalue weighted by molar-refractivity contribution is 6.74. The van der Waals surface area contributed by atoms with Gasteiger partial charge in [-0.3, -0.25) is 0 Å². The van der Waals surface area contributed by atoms with Crippen LogP contribution in [0.3, 0.4) is 0 Å². The molecule has 44 heavy (non-hydrogen) atoms. The van der Waals surface area contributed by atoms with E-state index >= 15 is 0 Å². The van der Waals surface area contributed by atoms with Gasteiger partial charge in [-0.2, -0.15) is 0 Å². The average molecular weight is 651 g/mol. The van der Waals surface area contributed by atoms with Crippen LogP contribution >= 0.6 is 0 Å². The molecule has 0 unspecified atom stereocenters. The smallest absolute Gasteiger partial charge is 0.192 e. The Morgan fingerprint density at radius 2 is 0.591 bits per heavy atom. The van der Waals surface area contributed by atoms with E-state index < -0.39 is 8.32 Å². The Kier molecular flexibility index (Phi) is 32.7. The van der Waals surface area contributed by atoms with E-state index in [9.17, 15) is 0 Å². The van der Waals surface area contributed by atoms with Crippen LogP contribution in [-0.4, -0.2) is 107 Å². The van der Waals surface area contributed by atoms with Gasteiger partial charge in [-0.05, 0) is 24.6 Å². The maximum absolute atomic E-state index is 6.09. The van der Waals surface area contributed by atoms with Crippen molar-refractivity contribution in [2.24, 2.45) is 0 Å². The molecule has 0 radical (unpaired) electrons.